The number of hydrogen-bond donors (Lipinski definition) is 2. The van der Waals surface area contributed by atoms with Crippen LogP contribution < -0.4 is 10.6 Å². The van der Waals surface area contributed by atoms with Crippen molar-refractivity contribution in [1.82, 2.24) is 9.97 Å². The minimum Gasteiger partial charge on any atom is -0.324 e. The van der Waals surface area contributed by atoms with Crippen LogP contribution in [0, 0.1) is 13.8 Å². The van der Waals surface area contributed by atoms with E-state index in [-0.39, 0.29) is 5.91 Å². The first-order valence-corrected chi connectivity index (χ1v) is 8.14. The molecule has 0 bridgehead atoms. The Labute approximate surface area is 151 Å². The number of carbonyl (C=O) groups excluding carboxylic acids is 1. The van der Waals surface area contributed by atoms with E-state index < -0.39 is 0 Å². The van der Waals surface area contributed by atoms with Gasteiger partial charge in [0.15, 0.2) is 0 Å². The van der Waals surface area contributed by atoms with Crippen LogP contribution in [0.4, 0.5) is 17.3 Å². The monoisotopic (exact) mass is 352 g/mol. The van der Waals surface area contributed by atoms with Crippen molar-refractivity contribution in [2.45, 2.75) is 13.8 Å². The smallest absolute Gasteiger partial charge is 0.255 e. The van der Waals surface area contributed by atoms with Gasteiger partial charge in [-0.3, -0.25) is 4.79 Å². The summed E-state index contributed by atoms with van der Waals surface area (Å²) in [6, 6.07) is 16.0. The third-order valence-electron chi connectivity index (χ3n) is 3.49. The van der Waals surface area contributed by atoms with E-state index in [0.717, 1.165) is 17.1 Å². The SMILES string of the molecule is Cc1cc(C)nc(Nc2ccc(NC(=O)c3ccc(Cl)cc3)cc2)n1. The van der Waals surface area contributed by atoms with Crippen LogP contribution in [0.25, 0.3) is 0 Å². The quantitative estimate of drug-likeness (QED) is 0.711. The molecule has 1 heterocycles. The van der Waals surface area contributed by atoms with Gasteiger partial charge in [-0.2, -0.15) is 0 Å². The predicted octanol–water partition coefficient (Wildman–Crippen LogP) is 4.74. The molecule has 0 aliphatic carbocycles. The fourth-order valence-electron chi connectivity index (χ4n) is 2.35. The van der Waals surface area contributed by atoms with Gasteiger partial charge in [-0.05, 0) is 68.4 Å². The van der Waals surface area contributed by atoms with Gasteiger partial charge >= 0.3 is 0 Å². The number of benzene rings is 2. The Morgan fingerprint density at radius 3 is 2.04 bits per heavy atom. The Morgan fingerprint density at radius 2 is 1.44 bits per heavy atom. The molecule has 0 fully saturated rings. The molecule has 0 unspecified atom stereocenters. The highest BCUT2D eigenvalue weighted by atomic mass is 35.5. The van der Waals surface area contributed by atoms with Crippen molar-refractivity contribution in [3.8, 4) is 0 Å². The zero-order chi connectivity index (χ0) is 17.8. The van der Waals surface area contributed by atoms with Crippen molar-refractivity contribution in [2.24, 2.45) is 0 Å². The van der Waals surface area contributed by atoms with Crippen molar-refractivity contribution in [1.29, 1.82) is 0 Å². The van der Waals surface area contributed by atoms with Crippen molar-refractivity contribution < 1.29 is 4.79 Å². The van der Waals surface area contributed by atoms with Crippen LogP contribution >= 0.6 is 11.6 Å². The summed E-state index contributed by atoms with van der Waals surface area (Å²) in [5.41, 5.74) is 3.90. The normalized spacial score (nSPS) is 10.4. The number of halogens is 1. The number of nitrogens with one attached hydrogen (secondary N) is 2. The molecule has 0 saturated heterocycles. The second kappa shape index (κ2) is 7.32. The number of hydrogen-bond acceptors (Lipinski definition) is 4. The number of nitrogens with zero attached hydrogens (tertiary/aromatic N) is 2. The van der Waals surface area contributed by atoms with Crippen molar-refractivity contribution in [3.63, 3.8) is 0 Å². The van der Waals surface area contributed by atoms with E-state index in [1.807, 2.05) is 44.2 Å². The van der Waals surface area contributed by atoms with E-state index in [1.165, 1.54) is 0 Å². The molecule has 2 aromatic carbocycles. The van der Waals surface area contributed by atoms with Gasteiger partial charge in [-0.15, -0.1) is 0 Å². The minimum atomic E-state index is -0.185. The van der Waals surface area contributed by atoms with Crippen LogP contribution in [0.1, 0.15) is 21.7 Å². The average molecular weight is 353 g/mol. The van der Waals surface area contributed by atoms with Gasteiger partial charge in [0.05, 0.1) is 0 Å². The first-order valence-electron chi connectivity index (χ1n) is 7.76. The molecule has 0 spiro atoms. The summed E-state index contributed by atoms with van der Waals surface area (Å²) >= 11 is 5.83. The predicted molar refractivity (Wildman–Crippen MR) is 101 cm³/mol. The third-order valence-corrected chi connectivity index (χ3v) is 3.74. The van der Waals surface area contributed by atoms with E-state index in [0.29, 0.717) is 22.2 Å². The fourth-order valence-corrected chi connectivity index (χ4v) is 2.48. The van der Waals surface area contributed by atoms with Gasteiger partial charge in [0.2, 0.25) is 5.95 Å². The maximum atomic E-state index is 12.2. The van der Waals surface area contributed by atoms with E-state index in [2.05, 4.69) is 20.6 Å². The molecule has 0 aliphatic heterocycles. The van der Waals surface area contributed by atoms with Gasteiger partial charge in [-0.1, -0.05) is 11.6 Å². The molecule has 0 radical (unpaired) electrons. The number of aromatic nitrogens is 2. The van der Waals surface area contributed by atoms with Gasteiger partial charge < -0.3 is 10.6 Å². The summed E-state index contributed by atoms with van der Waals surface area (Å²) in [6.07, 6.45) is 0. The molecular formula is C19H17ClN4O. The molecule has 0 aliphatic rings. The largest absolute Gasteiger partial charge is 0.324 e. The molecular weight excluding hydrogens is 336 g/mol. The van der Waals surface area contributed by atoms with E-state index in [4.69, 9.17) is 11.6 Å². The third kappa shape index (κ3) is 4.55. The number of amides is 1. The lowest BCUT2D eigenvalue weighted by atomic mass is 10.2. The fraction of sp³-hybridized carbons (Fsp3) is 0.105. The topological polar surface area (TPSA) is 66.9 Å². The highest BCUT2D eigenvalue weighted by molar-refractivity contribution is 6.30. The Bertz CT molecular complexity index is 872. The second-order valence-corrected chi connectivity index (χ2v) is 6.07. The van der Waals surface area contributed by atoms with Crippen LogP contribution in [0.15, 0.2) is 54.6 Å². The first-order chi connectivity index (χ1) is 12.0. The summed E-state index contributed by atoms with van der Waals surface area (Å²) in [6.45, 7) is 3.85. The summed E-state index contributed by atoms with van der Waals surface area (Å²) in [5.74, 6) is 0.366. The van der Waals surface area contributed by atoms with Crippen molar-refractivity contribution in [2.75, 3.05) is 10.6 Å². The van der Waals surface area contributed by atoms with Crippen LogP contribution in [-0.2, 0) is 0 Å². The molecule has 0 saturated carbocycles. The van der Waals surface area contributed by atoms with Crippen molar-refractivity contribution >= 4 is 34.8 Å². The zero-order valence-corrected chi connectivity index (χ0v) is 14.6. The maximum Gasteiger partial charge on any atom is 0.255 e. The Kier molecular flexibility index (Phi) is 4.95. The van der Waals surface area contributed by atoms with Gasteiger partial charge in [0, 0.05) is 33.3 Å². The molecule has 25 heavy (non-hydrogen) atoms. The van der Waals surface area contributed by atoms with Crippen LogP contribution in [-0.4, -0.2) is 15.9 Å². The molecule has 126 valence electrons. The number of aryl methyl sites for hydroxylation is 2. The lowest BCUT2D eigenvalue weighted by Gasteiger charge is -2.09. The van der Waals surface area contributed by atoms with E-state index in [1.54, 1.807) is 24.3 Å². The number of carbonyl (C=O) groups is 1. The maximum absolute atomic E-state index is 12.2. The highest BCUT2D eigenvalue weighted by Crippen LogP contribution is 2.18. The summed E-state index contributed by atoms with van der Waals surface area (Å²) in [5, 5.41) is 6.60. The molecule has 1 amide bonds. The zero-order valence-electron chi connectivity index (χ0n) is 13.9. The van der Waals surface area contributed by atoms with Crippen LogP contribution in [0.5, 0.6) is 0 Å². The first kappa shape index (κ1) is 16.9. The van der Waals surface area contributed by atoms with E-state index >= 15 is 0 Å². The lowest BCUT2D eigenvalue weighted by Crippen LogP contribution is -2.11. The molecule has 2 N–H and O–H groups in total. The lowest BCUT2D eigenvalue weighted by molar-refractivity contribution is 0.102. The highest BCUT2D eigenvalue weighted by Gasteiger charge is 2.06. The van der Waals surface area contributed by atoms with Gasteiger partial charge in [0.25, 0.3) is 5.91 Å². The van der Waals surface area contributed by atoms with Crippen molar-refractivity contribution in [3.05, 3.63) is 76.6 Å². The number of anilines is 3. The van der Waals surface area contributed by atoms with Gasteiger partial charge in [0.1, 0.15) is 0 Å². The summed E-state index contributed by atoms with van der Waals surface area (Å²) in [7, 11) is 0. The molecule has 3 rings (SSSR count). The minimum absolute atomic E-state index is 0.185. The average Bonchev–Trinajstić information content (AvgIpc) is 2.56. The molecule has 6 heteroatoms. The molecule has 5 nitrogen and oxygen atoms in total. The van der Waals surface area contributed by atoms with Crippen LogP contribution in [0.3, 0.4) is 0 Å². The van der Waals surface area contributed by atoms with E-state index in [9.17, 15) is 4.79 Å². The summed E-state index contributed by atoms with van der Waals surface area (Å²) < 4.78 is 0. The Hall–Kier alpha value is -2.92. The standard InChI is InChI=1S/C19H17ClN4O/c1-12-11-13(2)22-19(21-12)24-17-9-7-16(8-10-17)23-18(25)14-3-5-15(20)6-4-14/h3-11H,1-2H3,(H,23,25)(H,21,22,24). The number of rotatable bonds is 4. The molecule has 1 aromatic heterocycles. The molecule has 0 atom stereocenters. The Balaban J connectivity index is 1.67. The molecule has 3 aromatic rings. The second-order valence-electron chi connectivity index (χ2n) is 5.64. The van der Waals surface area contributed by atoms with Gasteiger partial charge in [-0.25, -0.2) is 9.97 Å². The Morgan fingerprint density at radius 1 is 0.880 bits per heavy atom. The van der Waals surface area contributed by atoms with Crippen LogP contribution in [0.2, 0.25) is 5.02 Å². The summed E-state index contributed by atoms with van der Waals surface area (Å²) in [4.78, 5) is 20.9.